The molecular weight excluding hydrogens is 419 g/mol. The zero-order valence-electron chi connectivity index (χ0n) is 18.6. The molecule has 1 aromatic heterocycles. The number of aryl methyl sites for hydroxylation is 2. The van der Waals surface area contributed by atoms with Crippen LogP contribution in [0, 0.1) is 12.7 Å². The number of halogens is 1. The summed E-state index contributed by atoms with van der Waals surface area (Å²) in [6, 6.07) is 15.8. The first-order valence-electron chi connectivity index (χ1n) is 11.3. The number of para-hydroxylation sites is 1. The fourth-order valence-corrected chi connectivity index (χ4v) is 4.16. The number of hydrogen-bond acceptors (Lipinski definition) is 4. The van der Waals surface area contributed by atoms with Crippen molar-refractivity contribution in [3.05, 3.63) is 89.3 Å². The molecular formula is C26H27FN4O2. The quantitative estimate of drug-likeness (QED) is 0.587. The molecule has 0 radical (unpaired) electrons. The molecule has 170 valence electrons. The van der Waals surface area contributed by atoms with E-state index >= 15 is 0 Å². The van der Waals surface area contributed by atoms with Crippen LogP contribution in [0.2, 0.25) is 0 Å². The Balaban J connectivity index is 1.47. The highest BCUT2D eigenvalue weighted by molar-refractivity contribution is 6.04. The molecule has 0 unspecified atom stereocenters. The molecule has 2 amide bonds. The molecule has 33 heavy (non-hydrogen) atoms. The minimum absolute atomic E-state index is 0.0891. The summed E-state index contributed by atoms with van der Waals surface area (Å²) in [7, 11) is 0. The molecule has 0 bridgehead atoms. The predicted molar refractivity (Wildman–Crippen MR) is 124 cm³/mol. The van der Waals surface area contributed by atoms with E-state index in [0.29, 0.717) is 30.9 Å². The molecule has 1 fully saturated rings. The van der Waals surface area contributed by atoms with Crippen molar-refractivity contribution in [3.8, 4) is 0 Å². The zero-order valence-corrected chi connectivity index (χ0v) is 18.6. The molecule has 1 saturated heterocycles. The third-order valence-corrected chi connectivity index (χ3v) is 5.96. The SMILES string of the molecule is Cc1nc([C@@H]2CCCCN2C(=O)CCc2ccccc2)ncc1C(=O)Nc1ccccc1F. The van der Waals surface area contributed by atoms with Crippen molar-refractivity contribution in [2.45, 2.75) is 45.1 Å². The van der Waals surface area contributed by atoms with Crippen LogP contribution in [0.5, 0.6) is 0 Å². The highest BCUT2D eigenvalue weighted by Gasteiger charge is 2.30. The van der Waals surface area contributed by atoms with Crippen LogP contribution in [0.3, 0.4) is 0 Å². The molecule has 2 heterocycles. The van der Waals surface area contributed by atoms with E-state index in [4.69, 9.17) is 0 Å². The van der Waals surface area contributed by atoms with Gasteiger partial charge in [0, 0.05) is 19.2 Å². The van der Waals surface area contributed by atoms with Crippen molar-refractivity contribution in [2.75, 3.05) is 11.9 Å². The van der Waals surface area contributed by atoms with Crippen LogP contribution in [0.25, 0.3) is 0 Å². The van der Waals surface area contributed by atoms with Crippen LogP contribution >= 0.6 is 0 Å². The lowest BCUT2D eigenvalue weighted by Crippen LogP contribution is -2.39. The fourth-order valence-electron chi connectivity index (χ4n) is 4.16. The zero-order chi connectivity index (χ0) is 23.2. The Labute approximate surface area is 192 Å². The largest absolute Gasteiger partial charge is 0.332 e. The maximum absolute atomic E-state index is 13.9. The van der Waals surface area contributed by atoms with Crippen molar-refractivity contribution in [3.63, 3.8) is 0 Å². The molecule has 0 spiro atoms. The number of hydrogen-bond donors (Lipinski definition) is 1. The van der Waals surface area contributed by atoms with Gasteiger partial charge in [0.05, 0.1) is 23.0 Å². The van der Waals surface area contributed by atoms with Crippen molar-refractivity contribution in [1.29, 1.82) is 0 Å². The topological polar surface area (TPSA) is 75.2 Å². The van der Waals surface area contributed by atoms with E-state index in [1.165, 1.54) is 18.3 Å². The van der Waals surface area contributed by atoms with Gasteiger partial charge in [0.25, 0.3) is 5.91 Å². The van der Waals surface area contributed by atoms with Gasteiger partial charge in [-0.25, -0.2) is 14.4 Å². The summed E-state index contributed by atoms with van der Waals surface area (Å²) >= 11 is 0. The molecule has 6 nitrogen and oxygen atoms in total. The molecule has 1 N–H and O–H groups in total. The normalized spacial score (nSPS) is 15.8. The smallest absolute Gasteiger partial charge is 0.259 e. The number of amides is 2. The third kappa shape index (κ3) is 5.42. The molecule has 0 saturated carbocycles. The Bertz CT molecular complexity index is 1140. The number of piperidine rings is 1. The summed E-state index contributed by atoms with van der Waals surface area (Å²) in [6.45, 7) is 2.40. The Morgan fingerprint density at radius 3 is 2.61 bits per heavy atom. The number of anilines is 1. The lowest BCUT2D eigenvalue weighted by molar-refractivity contribution is -0.135. The lowest BCUT2D eigenvalue weighted by Gasteiger charge is -2.35. The van der Waals surface area contributed by atoms with Crippen LogP contribution < -0.4 is 5.32 Å². The van der Waals surface area contributed by atoms with Crippen LogP contribution in [0.4, 0.5) is 10.1 Å². The molecule has 0 aliphatic carbocycles. The summed E-state index contributed by atoms with van der Waals surface area (Å²) in [6.07, 6.45) is 5.33. The monoisotopic (exact) mass is 446 g/mol. The third-order valence-electron chi connectivity index (χ3n) is 5.96. The Morgan fingerprint density at radius 1 is 1.09 bits per heavy atom. The first-order chi connectivity index (χ1) is 16.0. The van der Waals surface area contributed by atoms with Crippen molar-refractivity contribution in [1.82, 2.24) is 14.9 Å². The second-order valence-electron chi connectivity index (χ2n) is 8.25. The summed E-state index contributed by atoms with van der Waals surface area (Å²) < 4.78 is 13.9. The minimum atomic E-state index is -0.507. The van der Waals surface area contributed by atoms with Gasteiger partial charge in [0.2, 0.25) is 5.91 Å². The van der Waals surface area contributed by atoms with E-state index in [1.807, 2.05) is 35.2 Å². The van der Waals surface area contributed by atoms with Gasteiger partial charge in [-0.1, -0.05) is 42.5 Å². The van der Waals surface area contributed by atoms with Crippen LogP contribution in [-0.2, 0) is 11.2 Å². The number of benzene rings is 2. The maximum Gasteiger partial charge on any atom is 0.259 e. The Hall–Kier alpha value is -3.61. The number of carbonyl (C=O) groups excluding carboxylic acids is 2. The number of nitrogens with one attached hydrogen (secondary N) is 1. The second kappa shape index (κ2) is 10.3. The average molecular weight is 447 g/mol. The number of rotatable bonds is 6. The van der Waals surface area contributed by atoms with Gasteiger partial charge in [-0.05, 0) is 50.3 Å². The Morgan fingerprint density at radius 2 is 1.85 bits per heavy atom. The van der Waals surface area contributed by atoms with E-state index in [0.717, 1.165) is 24.8 Å². The average Bonchev–Trinajstić information content (AvgIpc) is 2.84. The van der Waals surface area contributed by atoms with Gasteiger partial charge in [-0.3, -0.25) is 9.59 Å². The van der Waals surface area contributed by atoms with Crippen LogP contribution in [-0.4, -0.2) is 33.2 Å². The van der Waals surface area contributed by atoms with Crippen molar-refractivity contribution in [2.24, 2.45) is 0 Å². The first-order valence-corrected chi connectivity index (χ1v) is 11.3. The highest BCUT2D eigenvalue weighted by Crippen LogP contribution is 2.30. The van der Waals surface area contributed by atoms with E-state index in [9.17, 15) is 14.0 Å². The van der Waals surface area contributed by atoms with E-state index in [2.05, 4.69) is 15.3 Å². The van der Waals surface area contributed by atoms with E-state index in [-0.39, 0.29) is 23.2 Å². The predicted octanol–water partition coefficient (Wildman–Crippen LogP) is 4.86. The number of carbonyl (C=O) groups is 2. The summed E-state index contributed by atoms with van der Waals surface area (Å²) in [5.41, 5.74) is 2.01. The van der Waals surface area contributed by atoms with Crippen LogP contribution in [0.1, 0.15) is 59.2 Å². The number of nitrogens with zero attached hydrogens (tertiary/aromatic N) is 3. The summed E-state index contributed by atoms with van der Waals surface area (Å²) in [5, 5.41) is 2.57. The molecule has 7 heteroatoms. The molecule has 3 aromatic rings. The van der Waals surface area contributed by atoms with Crippen molar-refractivity contribution >= 4 is 17.5 Å². The highest BCUT2D eigenvalue weighted by atomic mass is 19.1. The fraction of sp³-hybridized carbons (Fsp3) is 0.308. The van der Waals surface area contributed by atoms with Crippen LogP contribution in [0.15, 0.2) is 60.8 Å². The molecule has 4 rings (SSSR count). The Kier molecular flexibility index (Phi) is 7.07. The van der Waals surface area contributed by atoms with Gasteiger partial charge >= 0.3 is 0 Å². The van der Waals surface area contributed by atoms with Gasteiger partial charge in [-0.15, -0.1) is 0 Å². The number of aromatic nitrogens is 2. The molecule has 1 atom stereocenters. The number of likely N-dealkylation sites (tertiary alicyclic amines) is 1. The first kappa shape index (κ1) is 22.6. The van der Waals surface area contributed by atoms with Gasteiger partial charge in [0.1, 0.15) is 5.82 Å². The van der Waals surface area contributed by atoms with E-state index < -0.39 is 11.7 Å². The minimum Gasteiger partial charge on any atom is -0.332 e. The summed E-state index contributed by atoms with van der Waals surface area (Å²) in [4.78, 5) is 36.6. The summed E-state index contributed by atoms with van der Waals surface area (Å²) in [5.74, 6) is -0.342. The van der Waals surface area contributed by atoms with Crippen molar-refractivity contribution < 1.29 is 14.0 Å². The van der Waals surface area contributed by atoms with Gasteiger partial charge < -0.3 is 10.2 Å². The van der Waals surface area contributed by atoms with Gasteiger partial charge in [-0.2, -0.15) is 0 Å². The molecule has 1 aliphatic rings. The maximum atomic E-state index is 13.9. The standard InChI is InChI=1S/C26H27FN4O2/c1-18-20(26(33)30-22-12-6-5-11-21(22)27)17-28-25(29-18)23-13-7-8-16-31(23)24(32)15-14-19-9-3-2-4-10-19/h2-6,9-12,17,23H,7-8,13-16H2,1H3,(H,30,33)/t23-/m0/s1. The lowest BCUT2D eigenvalue weighted by atomic mass is 9.99. The second-order valence-corrected chi connectivity index (χ2v) is 8.25. The van der Waals surface area contributed by atoms with Gasteiger partial charge in [0.15, 0.2) is 5.82 Å². The molecule has 2 aromatic carbocycles. The molecule has 1 aliphatic heterocycles. The van der Waals surface area contributed by atoms with E-state index in [1.54, 1.807) is 19.1 Å².